The second-order valence-electron chi connectivity index (χ2n) is 32.1. The van der Waals surface area contributed by atoms with Crippen molar-refractivity contribution in [1.82, 2.24) is 19.9 Å². The molecule has 0 aliphatic carbocycles. The van der Waals surface area contributed by atoms with Crippen molar-refractivity contribution in [2.24, 2.45) is 0 Å². The fourth-order valence-electron chi connectivity index (χ4n) is 16.7. The minimum atomic E-state index is 0.386. The zero-order valence-corrected chi connectivity index (χ0v) is 70.0. The number of aromatic nitrogens is 4. The fraction of sp³-hybridized carbons (Fsp3) is 0.333. The molecule has 618 valence electrons. The van der Waals surface area contributed by atoms with Crippen molar-refractivity contribution >= 4 is 46.4 Å². The Kier molecular flexibility index (Phi) is 31.2. The average Bonchev–Trinajstić information content (AvgIpc) is 1.61. The van der Waals surface area contributed by atoms with Gasteiger partial charge in [0.15, 0.2) is 0 Å². The minimum Gasteiger partial charge on any atom is -0.490 e. The lowest BCUT2D eigenvalue weighted by Crippen LogP contribution is -2.09. The van der Waals surface area contributed by atoms with E-state index in [2.05, 4.69) is 204 Å². The Morgan fingerprint density at radius 1 is 0.200 bits per heavy atom. The van der Waals surface area contributed by atoms with Crippen molar-refractivity contribution in [3.05, 3.63) is 288 Å². The maximum Gasteiger partial charge on any atom is 0.122 e. The van der Waals surface area contributed by atoms with E-state index in [0.717, 1.165) is 161 Å². The largest absolute Gasteiger partial charge is 0.490 e. The molecule has 28 bridgehead atoms. The molecule has 0 amide bonds. The number of H-pyrrole nitrogens is 2. The summed E-state index contributed by atoms with van der Waals surface area (Å²) in [6.07, 6.45) is 52.0. The van der Waals surface area contributed by atoms with Gasteiger partial charge < -0.3 is 47.9 Å². The Morgan fingerprint density at radius 3 is 0.642 bits per heavy atom. The molecule has 0 spiro atoms. The first kappa shape index (κ1) is 83.3. The normalized spacial score (nSPS) is 16.7. The van der Waals surface area contributed by atoms with E-state index in [1.165, 1.54) is 176 Å². The first-order valence-corrected chi connectivity index (χ1v) is 44.8. The second kappa shape index (κ2) is 44.9. The SMILES string of the molecule is C1=Cc2nc1c1c3ccc([nH]3)c3c4nc(c(c5ccc([nH]5)c2-c2ccc(cc2)OCCOc2cccc(c2)CCCCCCC/C=C\CCCCCCCc2cccc(c2)OCCOc2ccc-1cc2)-c1ccc(cc1)OCCOc1cccc(c1)CCCCCCC/C=C\CCCCCCCc1cccc(c1)OCCOc1ccc-3cc1)C=C4. The lowest BCUT2D eigenvalue weighted by Gasteiger charge is -2.11. The lowest BCUT2D eigenvalue weighted by molar-refractivity contribution is 0.217. The molecule has 19 rings (SSSR count). The monoisotopic (exact) mass is 1600 g/mol. The standard InChI is InChI=1S/C108H118N4O8/c1-2-6-10-14-18-22-26-34-82-38-30-42-94(78-82)118-74-70-114-90-55-47-86(48-56-90)106-98-62-61-97(109-98)105(85-45-53-89(54-46-85)113-69-73-117-93-41-29-37-81(77-93)33-25-21-17-13-9-5-1)101-65-66-103(111-101)107-87-49-57-91(58-50-87)115-71-75-119-95-43-31-39-83(79-95)35-27-23-19-15-11-7-3-4-8-12-16-20-24-28-36-84-40-32-44-96(80-84)120-76-72-116-92-59-51-88(52-60-92)108(100-64-63-99(107)110-100)104-68-67-102(106)112-104/h1-4,29-32,37-68,77-80,111-112H,5-28,33-36,69-76H2/b2-1-,4-3-,105-97?,105-101?,106-98?,106-102?,107-99?,107-103?,108-100?,108-104?. The van der Waals surface area contributed by atoms with E-state index in [9.17, 15) is 0 Å². The van der Waals surface area contributed by atoms with Gasteiger partial charge in [0.1, 0.15) is 98.9 Å². The predicted octanol–water partition coefficient (Wildman–Crippen LogP) is 27.8. The van der Waals surface area contributed by atoms with Crippen LogP contribution < -0.4 is 37.9 Å². The Bertz CT molecular complexity index is 4710. The van der Waals surface area contributed by atoms with E-state index in [-0.39, 0.29) is 0 Å². The van der Waals surface area contributed by atoms with Crippen molar-refractivity contribution in [3.8, 4) is 90.5 Å². The predicted molar refractivity (Wildman–Crippen MR) is 494 cm³/mol. The molecule has 8 aromatic carbocycles. The smallest absolute Gasteiger partial charge is 0.122 e. The summed E-state index contributed by atoms with van der Waals surface area (Å²) >= 11 is 0. The van der Waals surface area contributed by atoms with Gasteiger partial charge in [-0.15, -0.1) is 0 Å². The van der Waals surface area contributed by atoms with Crippen LogP contribution in [0.5, 0.6) is 46.0 Å². The topological polar surface area (TPSA) is 131 Å². The summed E-state index contributed by atoms with van der Waals surface area (Å²) in [5.74, 6) is 6.45. The van der Waals surface area contributed by atoms with Crippen LogP contribution in [0, 0.1) is 0 Å². The number of nitrogens with zero attached hydrogens (tertiary/aromatic N) is 2. The molecule has 3 aromatic heterocycles. The van der Waals surface area contributed by atoms with E-state index in [1.807, 2.05) is 72.8 Å². The third-order valence-corrected chi connectivity index (χ3v) is 23.1. The van der Waals surface area contributed by atoms with Crippen molar-refractivity contribution < 1.29 is 37.9 Å². The van der Waals surface area contributed by atoms with E-state index in [4.69, 9.17) is 47.9 Å². The van der Waals surface area contributed by atoms with Gasteiger partial charge in [0.2, 0.25) is 0 Å². The molecule has 11 aromatic rings. The molecular formula is C108H118N4O8. The molecule has 12 nitrogen and oxygen atoms in total. The Morgan fingerprint density at radius 2 is 0.408 bits per heavy atom. The first-order valence-electron chi connectivity index (χ1n) is 44.8. The Hall–Kier alpha value is -11.8. The van der Waals surface area contributed by atoms with Gasteiger partial charge in [0, 0.05) is 44.3 Å². The minimum absolute atomic E-state index is 0.386. The summed E-state index contributed by atoms with van der Waals surface area (Å²) < 4.78 is 51.0. The summed E-state index contributed by atoms with van der Waals surface area (Å²) in [5, 5.41) is 0. The molecule has 0 radical (unpaired) electrons. The van der Waals surface area contributed by atoms with Gasteiger partial charge in [-0.25, -0.2) is 9.97 Å². The summed E-state index contributed by atoms with van der Waals surface area (Å²) in [4.78, 5) is 19.3. The van der Waals surface area contributed by atoms with Crippen LogP contribution in [0.2, 0.25) is 0 Å². The van der Waals surface area contributed by atoms with Gasteiger partial charge in [-0.2, -0.15) is 0 Å². The zero-order valence-electron chi connectivity index (χ0n) is 70.0. The summed E-state index contributed by atoms with van der Waals surface area (Å²) in [5.41, 5.74) is 19.4. The van der Waals surface area contributed by atoms with Crippen molar-refractivity contribution in [1.29, 1.82) is 0 Å². The van der Waals surface area contributed by atoms with Crippen LogP contribution in [0.25, 0.3) is 90.9 Å². The zero-order chi connectivity index (χ0) is 81.2. The van der Waals surface area contributed by atoms with Crippen LogP contribution >= 0.6 is 0 Å². The quantitative estimate of drug-likeness (QED) is 0.142. The molecule has 0 saturated carbocycles. The molecule has 0 atom stereocenters. The third-order valence-electron chi connectivity index (χ3n) is 23.1. The molecular weight excluding hydrogens is 1480 g/mol. The number of aromatic amines is 2. The van der Waals surface area contributed by atoms with Gasteiger partial charge >= 0.3 is 0 Å². The number of fused-ring (bicyclic) bond motifs is 8. The molecule has 8 aliphatic rings. The number of hydrogen-bond donors (Lipinski definition) is 2. The highest BCUT2D eigenvalue weighted by Gasteiger charge is 2.21. The van der Waals surface area contributed by atoms with Crippen molar-refractivity contribution in [2.45, 2.75) is 180 Å². The summed E-state index contributed by atoms with van der Waals surface area (Å²) in [6, 6.07) is 76.3. The Balaban J connectivity index is 0.760. The van der Waals surface area contributed by atoms with E-state index in [0.29, 0.717) is 52.9 Å². The molecule has 120 heavy (non-hydrogen) atoms. The molecule has 0 unspecified atom stereocenters. The first-order chi connectivity index (χ1) is 59.5. The van der Waals surface area contributed by atoms with Gasteiger partial charge in [0.25, 0.3) is 0 Å². The highest BCUT2D eigenvalue weighted by Crippen LogP contribution is 2.41. The average molecular weight is 1600 g/mol. The summed E-state index contributed by atoms with van der Waals surface area (Å²) in [6.45, 7) is 3.20. The van der Waals surface area contributed by atoms with Crippen LogP contribution in [-0.2, 0) is 25.7 Å². The van der Waals surface area contributed by atoms with E-state index >= 15 is 0 Å². The maximum atomic E-state index is 6.43. The fourth-order valence-corrected chi connectivity index (χ4v) is 16.7. The van der Waals surface area contributed by atoms with Gasteiger partial charge in [-0.05, 0) is 293 Å². The van der Waals surface area contributed by atoms with Gasteiger partial charge in [0.05, 0.1) is 22.8 Å². The van der Waals surface area contributed by atoms with Crippen LogP contribution in [0.15, 0.2) is 243 Å². The molecule has 2 N–H and O–H groups in total. The van der Waals surface area contributed by atoms with Crippen LogP contribution in [0.3, 0.4) is 0 Å². The third kappa shape index (κ3) is 24.7. The number of allylic oxidation sites excluding steroid dienone is 4. The number of aryl methyl sites for hydroxylation is 4. The molecule has 11 heterocycles. The van der Waals surface area contributed by atoms with Gasteiger partial charge in [-0.1, -0.05) is 198 Å². The summed E-state index contributed by atoms with van der Waals surface area (Å²) in [7, 11) is 0. The van der Waals surface area contributed by atoms with Crippen LogP contribution in [0.4, 0.5) is 0 Å². The number of hydrogen-bond acceptors (Lipinski definition) is 10. The maximum absolute atomic E-state index is 6.43. The lowest BCUT2D eigenvalue weighted by atomic mass is 10.0. The number of nitrogens with one attached hydrogen (secondary N) is 2. The number of rotatable bonds is 0. The van der Waals surface area contributed by atoms with Crippen LogP contribution in [-0.4, -0.2) is 72.8 Å². The van der Waals surface area contributed by atoms with Crippen molar-refractivity contribution in [3.63, 3.8) is 0 Å². The molecule has 0 fully saturated rings. The number of benzene rings is 8. The highest BCUT2D eigenvalue weighted by molar-refractivity contribution is 6.00. The van der Waals surface area contributed by atoms with Gasteiger partial charge in [-0.3, -0.25) is 0 Å². The van der Waals surface area contributed by atoms with Crippen LogP contribution in [0.1, 0.15) is 199 Å². The highest BCUT2D eigenvalue weighted by atomic mass is 16.5. The Labute approximate surface area is 710 Å². The van der Waals surface area contributed by atoms with E-state index < -0.39 is 0 Å². The van der Waals surface area contributed by atoms with E-state index in [1.54, 1.807) is 0 Å². The van der Waals surface area contributed by atoms with Crippen molar-refractivity contribution in [2.75, 3.05) is 52.9 Å². The molecule has 0 saturated heterocycles. The molecule has 8 aliphatic heterocycles. The molecule has 12 heteroatoms. The number of ether oxygens (including phenoxy) is 8. The second-order valence-corrected chi connectivity index (χ2v) is 32.1.